The molecule has 0 aliphatic heterocycles. The number of carboxylic acid groups (broad SMARTS) is 1. The predicted octanol–water partition coefficient (Wildman–Crippen LogP) is 3.97. The van der Waals surface area contributed by atoms with Crippen molar-refractivity contribution in [1.29, 1.82) is 0 Å². The first kappa shape index (κ1) is 21.8. The zero-order valence-corrected chi connectivity index (χ0v) is 18.2. The molecule has 0 fully saturated rings. The van der Waals surface area contributed by atoms with Gasteiger partial charge >= 0.3 is 5.97 Å². The Bertz CT molecular complexity index is 944. The lowest BCUT2D eigenvalue weighted by atomic mass is 9.85. The fraction of sp³-hybridized carbons (Fsp3) is 0.458. The van der Waals surface area contributed by atoms with Crippen molar-refractivity contribution in [2.75, 3.05) is 0 Å². The number of hydrogen-bond donors (Lipinski definition) is 2. The lowest BCUT2D eigenvalue weighted by molar-refractivity contribution is -0.139. The van der Waals surface area contributed by atoms with Gasteiger partial charge in [-0.1, -0.05) is 56.3 Å². The first-order chi connectivity index (χ1) is 14.1. The summed E-state index contributed by atoms with van der Waals surface area (Å²) in [4.78, 5) is 23.4. The first-order valence-electron chi connectivity index (χ1n) is 10.4. The van der Waals surface area contributed by atoms with E-state index in [1.807, 2.05) is 49.7 Å². The minimum Gasteiger partial charge on any atom is -0.481 e. The quantitative estimate of drug-likeness (QED) is 0.646. The summed E-state index contributed by atoms with van der Waals surface area (Å²) >= 11 is 0. The largest absolute Gasteiger partial charge is 0.481 e. The number of aryl methyl sites for hydroxylation is 1. The summed E-state index contributed by atoms with van der Waals surface area (Å²) in [7, 11) is 0. The minimum atomic E-state index is -0.882. The SMILES string of the molecule is Cc1nn(Cc2ccccc2)c(C)c1[C@@H]1C=C[C@@H](NC(=O)CC(C)(C)CC(=O)O)C1. The van der Waals surface area contributed by atoms with Crippen LogP contribution in [-0.2, 0) is 16.1 Å². The molecule has 6 nitrogen and oxygen atoms in total. The number of aromatic nitrogens is 2. The van der Waals surface area contributed by atoms with Crippen LogP contribution in [0.4, 0.5) is 0 Å². The molecule has 1 aliphatic carbocycles. The van der Waals surface area contributed by atoms with Gasteiger partial charge in [0.05, 0.1) is 18.7 Å². The molecule has 3 rings (SSSR count). The van der Waals surface area contributed by atoms with E-state index < -0.39 is 11.4 Å². The number of benzene rings is 1. The van der Waals surface area contributed by atoms with E-state index >= 15 is 0 Å². The molecule has 0 saturated carbocycles. The van der Waals surface area contributed by atoms with Crippen molar-refractivity contribution in [3.63, 3.8) is 0 Å². The smallest absolute Gasteiger partial charge is 0.303 e. The normalized spacial score (nSPS) is 18.5. The Morgan fingerprint density at radius 2 is 1.87 bits per heavy atom. The second kappa shape index (κ2) is 8.86. The van der Waals surface area contributed by atoms with Gasteiger partial charge in [0.1, 0.15) is 0 Å². The molecule has 1 aromatic carbocycles. The average molecular weight is 410 g/mol. The van der Waals surface area contributed by atoms with Gasteiger partial charge in [-0.05, 0) is 31.2 Å². The van der Waals surface area contributed by atoms with E-state index in [0.29, 0.717) is 0 Å². The number of nitrogens with one attached hydrogen (secondary N) is 1. The number of carbonyl (C=O) groups excluding carboxylic acids is 1. The second-order valence-electron chi connectivity index (χ2n) is 9.04. The Balaban J connectivity index is 1.62. The highest BCUT2D eigenvalue weighted by Gasteiger charge is 2.29. The molecule has 0 radical (unpaired) electrons. The van der Waals surface area contributed by atoms with Crippen molar-refractivity contribution < 1.29 is 14.7 Å². The highest BCUT2D eigenvalue weighted by atomic mass is 16.4. The monoisotopic (exact) mass is 409 g/mol. The molecule has 1 aromatic heterocycles. The number of carboxylic acids is 1. The number of rotatable bonds is 8. The molecule has 0 bridgehead atoms. The van der Waals surface area contributed by atoms with E-state index in [1.54, 1.807) is 0 Å². The van der Waals surface area contributed by atoms with E-state index in [1.165, 1.54) is 11.1 Å². The number of amides is 1. The van der Waals surface area contributed by atoms with Gasteiger partial charge in [-0.25, -0.2) is 0 Å². The Labute approximate surface area is 178 Å². The maximum Gasteiger partial charge on any atom is 0.303 e. The summed E-state index contributed by atoms with van der Waals surface area (Å²) in [6, 6.07) is 10.2. The van der Waals surface area contributed by atoms with Crippen molar-refractivity contribution in [2.24, 2.45) is 5.41 Å². The van der Waals surface area contributed by atoms with Crippen LogP contribution in [0.15, 0.2) is 42.5 Å². The Kier molecular flexibility index (Phi) is 6.44. The lowest BCUT2D eigenvalue weighted by Gasteiger charge is -2.23. The minimum absolute atomic E-state index is 0.0253. The Morgan fingerprint density at radius 1 is 1.17 bits per heavy atom. The molecular weight excluding hydrogens is 378 g/mol. The topological polar surface area (TPSA) is 84.2 Å². The van der Waals surface area contributed by atoms with Crippen LogP contribution in [0.1, 0.15) is 61.5 Å². The van der Waals surface area contributed by atoms with Crippen molar-refractivity contribution in [1.82, 2.24) is 15.1 Å². The molecule has 30 heavy (non-hydrogen) atoms. The fourth-order valence-corrected chi connectivity index (χ4v) is 4.34. The third kappa shape index (κ3) is 5.38. The van der Waals surface area contributed by atoms with Crippen LogP contribution in [0.5, 0.6) is 0 Å². The molecule has 2 atom stereocenters. The van der Waals surface area contributed by atoms with Gasteiger partial charge in [-0.2, -0.15) is 5.10 Å². The molecule has 1 heterocycles. The number of hydrogen-bond acceptors (Lipinski definition) is 3. The van der Waals surface area contributed by atoms with Gasteiger partial charge in [0.15, 0.2) is 0 Å². The molecule has 1 aliphatic rings. The van der Waals surface area contributed by atoms with Gasteiger partial charge in [0.2, 0.25) is 5.91 Å². The second-order valence-corrected chi connectivity index (χ2v) is 9.04. The number of allylic oxidation sites excluding steroid dienone is 1. The first-order valence-corrected chi connectivity index (χ1v) is 10.4. The van der Waals surface area contributed by atoms with E-state index in [-0.39, 0.29) is 30.7 Å². The third-order valence-corrected chi connectivity index (χ3v) is 5.68. The van der Waals surface area contributed by atoms with Crippen molar-refractivity contribution in [3.8, 4) is 0 Å². The molecule has 0 spiro atoms. The van der Waals surface area contributed by atoms with Crippen LogP contribution in [0.25, 0.3) is 0 Å². The molecule has 160 valence electrons. The van der Waals surface area contributed by atoms with Crippen molar-refractivity contribution in [2.45, 2.75) is 65.5 Å². The van der Waals surface area contributed by atoms with E-state index in [9.17, 15) is 9.59 Å². The molecular formula is C24H31N3O3. The summed E-state index contributed by atoms with van der Waals surface area (Å²) in [5, 5.41) is 16.8. The maximum absolute atomic E-state index is 12.4. The van der Waals surface area contributed by atoms with Crippen LogP contribution in [0.2, 0.25) is 0 Å². The number of carbonyl (C=O) groups is 2. The summed E-state index contributed by atoms with van der Waals surface area (Å²) < 4.78 is 2.05. The van der Waals surface area contributed by atoms with Crippen molar-refractivity contribution in [3.05, 3.63) is 65.0 Å². The van der Waals surface area contributed by atoms with E-state index in [0.717, 1.165) is 24.4 Å². The molecule has 2 N–H and O–H groups in total. The standard InChI is InChI=1S/C24H31N3O3/c1-16-23(17(2)27(26-16)15-18-8-6-5-7-9-18)19-10-11-20(12-19)25-21(28)13-24(3,4)14-22(29)30/h5-11,19-20H,12-15H2,1-4H3,(H,25,28)(H,29,30)/t19-,20-/m1/s1. The summed E-state index contributed by atoms with van der Waals surface area (Å²) in [5.41, 5.74) is 4.05. The zero-order valence-electron chi connectivity index (χ0n) is 18.2. The van der Waals surface area contributed by atoms with E-state index in [2.05, 4.69) is 30.4 Å². The average Bonchev–Trinajstić information content (AvgIpc) is 3.18. The molecule has 2 aromatic rings. The summed E-state index contributed by atoms with van der Waals surface area (Å²) in [6.45, 7) is 8.50. The van der Waals surface area contributed by atoms with Gasteiger partial charge in [-0.15, -0.1) is 0 Å². The maximum atomic E-state index is 12.4. The van der Waals surface area contributed by atoms with Crippen LogP contribution < -0.4 is 5.32 Å². The molecule has 0 saturated heterocycles. The molecule has 6 heteroatoms. The number of aliphatic carboxylic acids is 1. The van der Waals surface area contributed by atoms with Gasteiger partial charge < -0.3 is 10.4 Å². The van der Waals surface area contributed by atoms with Crippen LogP contribution >= 0.6 is 0 Å². The fourth-order valence-electron chi connectivity index (χ4n) is 4.34. The summed E-state index contributed by atoms with van der Waals surface area (Å²) in [6.07, 6.45) is 5.16. The van der Waals surface area contributed by atoms with Crippen LogP contribution in [-0.4, -0.2) is 32.8 Å². The lowest BCUT2D eigenvalue weighted by Crippen LogP contribution is -2.36. The Morgan fingerprint density at radius 3 is 2.53 bits per heavy atom. The van der Waals surface area contributed by atoms with Crippen LogP contribution in [0.3, 0.4) is 0 Å². The van der Waals surface area contributed by atoms with Crippen molar-refractivity contribution >= 4 is 11.9 Å². The number of nitrogens with zero attached hydrogens (tertiary/aromatic N) is 2. The van der Waals surface area contributed by atoms with Gasteiger partial charge in [-0.3, -0.25) is 14.3 Å². The van der Waals surface area contributed by atoms with Crippen LogP contribution in [0, 0.1) is 19.3 Å². The van der Waals surface area contributed by atoms with Gasteiger partial charge in [0, 0.05) is 29.6 Å². The van der Waals surface area contributed by atoms with E-state index in [4.69, 9.17) is 10.2 Å². The molecule has 1 amide bonds. The zero-order chi connectivity index (χ0) is 21.9. The summed E-state index contributed by atoms with van der Waals surface area (Å²) in [5.74, 6) is -0.774. The highest BCUT2D eigenvalue weighted by molar-refractivity contribution is 5.78. The third-order valence-electron chi connectivity index (χ3n) is 5.68. The highest BCUT2D eigenvalue weighted by Crippen LogP contribution is 2.33. The predicted molar refractivity (Wildman–Crippen MR) is 116 cm³/mol. The van der Waals surface area contributed by atoms with Gasteiger partial charge in [0.25, 0.3) is 0 Å². The molecule has 0 unspecified atom stereocenters. The Hall–Kier alpha value is -2.89.